The molecule has 0 saturated carbocycles. The van der Waals surface area contributed by atoms with Gasteiger partial charge in [-0.1, -0.05) is 6.92 Å². The molecular weight excluding hydrogens is 208 g/mol. The highest BCUT2D eigenvalue weighted by atomic mass is 16.5. The highest BCUT2D eigenvalue weighted by molar-refractivity contribution is 5.78. The Hall–Kier alpha value is -0.650. The normalized spacial score (nSPS) is 14.5. The van der Waals surface area contributed by atoms with E-state index in [1.165, 1.54) is 0 Å². The summed E-state index contributed by atoms with van der Waals surface area (Å²) in [6.45, 7) is 4.87. The van der Waals surface area contributed by atoms with Crippen molar-refractivity contribution in [3.05, 3.63) is 0 Å². The lowest BCUT2D eigenvalue weighted by Crippen LogP contribution is -2.43. The number of ether oxygens (including phenoxy) is 1. The lowest BCUT2D eigenvalue weighted by molar-refractivity contribution is -0.121. The first-order valence-electron chi connectivity index (χ1n) is 5.76. The fraction of sp³-hybridized carbons (Fsp3) is 0.909. The molecule has 2 unspecified atom stereocenters. The monoisotopic (exact) mass is 232 g/mol. The minimum Gasteiger partial charge on any atom is -0.396 e. The van der Waals surface area contributed by atoms with Crippen LogP contribution in [0.2, 0.25) is 0 Å². The van der Waals surface area contributed by atoms with Crippen LogP contribution in [0.4, 0.5) is 0 Å². The number of aliphatic hydroxyl groups is 1. The third-order valence-electron chi connectivity index (χ3n) is 2.35. The predicted molar refractivity (Wildman–Crippen MR) is 63.3 cm³/mol. The van der Waals surface area contributed by atoms with Gasteiger partial charge in [0.25, 0.3) is 0 Å². The van der Waals surface area contributed by atoms with Crippen molar-refractivity contribution in [2.75, 3.05) is 26.9 Å². The largest absolute Gasteiger partial charge is 0.396 e. The molecule has 0 radical (unpaired) electrons. The fourth-order valence-electron chi connectivity index (χ4n) is 1.46. The lowest BCUT2D eigenvalue weighted by atomic mass is 10.1. The van der Waals surface area contributed by atoms with E-state index in [0.717, 1.165) is 6.42 Å². The van der Waals surface area contributed by atoms with Gasteiger partial charge in [0.15, 0.2) is 0 Å². The molecule has 1 amide bonds. The zero-order chi connectivity index (χ0) is 12.4. The molecule has 0 fully saturated rings. The van der Waals surface area contributed by atoms with Crippen molar-refractivity contribution in [3.8, 4) is 0 Å². The van der Waals surface area contributed by atoms with Crippen molar-refractivity contribution in [1.29, 1.82) is 0 Å². The molecule has 0 spiro atoms. The van der Waals surface area contributed by atoms with Gasteiger partial charge >= 0.3 is 0 Å². The van der Waals surface area contributed by atoms with E-state index in [-0.39, 0.29) is 31.1 Å². The molecule has 0 aliphatic rings. The molecule has 0 aromatic rings. The zero-order valence-corrected chi connectivity index (χ0v) is 10.5. The van der Waals surface area contributed by atoms with Crippen molar-refractivity contribution in [3.63, 3.8) is 0 Å². The van der Waals surface area contributed by atoms with Crippen LogP contribution in [-0.2, 0) is 9.53 Å². The van der Waals surface area contributed by atoms with Crippen LogP contribution in [0.15, 0.2) is 0 Å². The van der Waals surface area contributed by atoms with Crippen LogP contribution in [0.25, 0.3) is 0 Å². The first kappa shape index (κ1) is 15.3. The number of aliphatic hydroxyl groups excluding tert-OH is 1. The van der Waals surface area contributed by atoms with Gasteiger partial charge in [-0.25, -0.2) is 0 Å². The Morgan fingerprint density at radius 3 is 2.69 bits per heavy atom. The lowest BCUT2D eigenvalue weighted by Gasteiger charge is -2.17. The van der Waals surface area contributed by atoms with Gasteiger partial charge < -0.3 is 20.5 Å². The summed E-state index contributed by atoms with van der Waals surface area (Å²) in [7, 11) is 1.61. The second-order valence-corrected chi connectivity index (χ2v) is 3.92. The van der Waals surface area contributed by atoms with Crippen molar-refractivity contribution >= 4 is 5.91 Å². The van der Waals surface area contributed by atoms with E-state index in [0.29, 0.717) is 13.0 Å². The molecule has 0 rings (SSSR count). The van der Waals surface area contributed by atoms with Gasteiger partial charge in [0.05, 0.1) is 13.2 Å². The van der Waals surface area contributed by atoms with Gasteiger partial charge in [-0.15, -0.1) is 0 Å². The van der Waals surface area contributed by atoms with Gasteiger partial charge in [0, 0.05) is 25.8 Å². The predicted octanol–water partition coefficient (Wildman–Crippen LogP) is -0.112. The second kappa shape index (κ2) is 9.57. The summed E-state index contributed by atoms with van der Waals surface area (Å²) >= 11 is 0. The molecule has 0 saturated heterocycles. The molecular formula is C11H24N2O3. The SMILES string of the molecule is CCC(CCO)NCC(=O)NC(C)COC. The standard InChI is InChI=1S/C11H24N2O3/c1-4-10(5-6-14)12-7-11(15)13-9(2)8-16-3/h9-10,12,14H,4-8H2,1-3H3,(H,13,15). The van der Waals surface area contributed by atoms with Crippen LogP contribution in [0.5, 0.6) is 0 Å². The van der Waals surface area contributed by atoms with Crippen molar-refractivity contribution in [1.82, 2.24) is 10.6 Å². The Labute approximate surface area is 97.6 Å². The number of rotatable bonds is 9. The van der Waals surface area contributed by atoms with Crippen molar-refractivity contribution < 1.29 is 14.6 Å². The Balaban J connectivity index is 3.70. The van der Waals surface area contributed by atoms with Crippen LogP contribution >= 0.6 is 0 Å². The molecule has 5 nitrogen and oxygen atoms in total. The highest BCUT2D eigenvalue weighted by Gasteiger charge is 2.09. The molecule has 0 aromatic heterocycles. The van der Waals surface area contributed by atoms with Crippen LogP contribution in [0.1, 0.15) is 26.7 Å². The number of amides is 1. The Bertz CT molecular complexity index is 188. The maximum Gasteiger partial charge on any atom is 0.234 e. The maximum absolute atomic E-state index is 11.5. The summed E-state index contributed by atoms with van der Waals surface area (Å²) in [6, 6.07) is 0.227. The first-order valence-corrected chi connectivity index (χ1v) is 5.76. The molecule has 2 atom stereocenters. The Morgan fingerprint density at radius 1 is 1.50 bits per heavy atom. The van der Waals surface area contributed by atoms with Crippen molar-refractivity contribution in [2.24, 2.45) is 0 Å². The second-order valence-electron chi connectivity index (χ2n) is 3.92. The molecule has 5 heteroatoms. The molecule has 0 aliphatic heterocycles. The van der Waals surface area contributed by atoms with E-state index in [4.69, 9.17) is 9.84 Å². The topological polar surface area (TPSA) is 70.6 Å². The average Bonchev–Trinajstić information content (AvgIpc) is 2.24. The number of methoxy groups -OCH3 is 1. The van der Waals surface area contributed by atoms with Gasteiger partial charge in [-0.05, 0) is 19.8 Å². The quantitative estimate of drug-likeness (QED) is 0.519. The molecule has 0 bridgehead atoms. The first-order chi connectivity index (χ1) is 7.63. The van der Waals surface area contributed by atoms with E-state index in [1.54, 1.807) is 7.11 Å². The van der Waals surface area contributed by atoms with Crippen LogP contribution in [0.3, 0.4) is 0 Å². The Morgan fingerprint density at radius 2 is 2.19 bits per heavy atom. The number of hydrogen-bond donors (Lipinski definition) is 3. The number of carbonyl (C=O) groups excluding carboxylic acids is 1. The molecule has 0 aromatic carbocycles. The third kappa shape index (κ3) is 7.62. The highest BCUT2D eigenvalue weighted by Crippen LogP contribution is 1.95. The Kier molecular flexibility index (Phi) is 9.18. The summed E-state index contributed by atoms with van der Waals surface area (Å²) < 4.78 is 4.92. The maximum atomic E-state index is 11.5. The minimum atomic E-state index is -0.0408. The molecule has 16 heavy (non-hydrogen) atoms. The minimum absolute atomic E-state index is 0.0252. The molecule has 0 aliphatic carbocycles. The van der Waals surface area contributed by atoms with Gasteiger partial charge in [0.1, 0.15) is 0 Å². The van der Waals surface area contributed by atoms with E-state index < -0.39 is 0 Å². The summed E-state index contributed by atoms with van der Waals surface area (Å²) in [5.74, 6) is -0.0408. The molecule has 96 valence electrons. The smallest absolute Gasteiger partial charge is 0.234 e. The third-order valence-corrected chi connectivity index (χ3v) is 2.35. The number of carbonyl (C=O) groups is 1. The van der Waals surface area contributed by atoms with Gasteiger partial charge in [-0.2, -0.15) is 0 Å². The van der Waals surface area contributed by atoms with E-state index in [1.807, 2.05) is 13.8 Å². The number of hydrogen-bond acceptors (Lipinski definition) is 4. The summed E-state index contributed by atoms with van der Waals surface area (Å²) in [4.78, 5) is 11.5. The van der Waals surface area contributed by atoms with Gasteiger partial charge in [-0.3, -0.25) is 4.79 Å². The van der Waals surface area contributed by atoms with E-state index >= 15 is 0 Å². The zero-order valence-electron chi connectivity index (χ0n) is 10.5. The summed E-state index contributed by atoms with van der Waals surface area (Å²) in [5.41, 5.74) is 0. The summed E-state index contributed by atoms with van der Waals surface area (Å²) in [5, 5.41) is 14.7. The van der Waals surface area contributed by atoms with E-state index in [2.05, 4.69) is 10.6 Å². The van der Waals surface area contributed by atoms with Gasteiger partial charge in [0.2, 0.25) is 5.91 Å². The molecule has 3 N–H and O–H groups in total. The van der Waals surface area contributed by atoms with Crippen LogP contribution < -0.4 is 10.6 Å². The van der Waals surface area contributed by atoms with Crippen LogP contribution in [0, 0.1) is 0 Å². The average molecular weight is 232 g/mol. The molecule has 0 heterocycles. The number of nitrogens with one attached hydrogen (secondary N) is 2. The van der Waals surface area contributed by atoms with E-state index in [9.17, 15) is 4.79 Å². The van der Waals surface area contributed by atoms with Crippen molar-refractivity contribution in [2.45, 2.75) is 38.8 Å². The van der Waals surface area contributed by atoms with Crippen LogP contribution in [-0.4, -0.2) is 50.0 Å². The summed E-state index contributed by atoms with van der Waals surface area (Å²) in [6.07, 6.45) is 1.58. The fourth-order valence-corrected chi connectivity index (χ4v) is 1.46.